The Morgan fingerprint density at radius 3 is 2.74 bits per heavy atom. The molecule has 136 valence electrons. The lowest BCUT2D eigenvalue weighted by molar-refractivity contribution is 0.0955. The molecule has 1 amide bonds. The van der Waals surface area contributed by atoms with E-state index in [4.69, 9.17) is 0 Å². The molecular formula is C20H20N6O. The quantitative estimate of drug-likeness (QED) is 0.593. The number of aryl methyl sites for hydroxylation is 2. The molecule has 7 heteroatoms. The third-order valence-corrected chi connectivity index (χ3v) is 4.53. The summed E-state index contributed by atoms with van der Waals surface area (Å²) in [6.07, 6.45) is 4.50. The first-order valence-electron chi connectivity index (χ1n) is 8.79. The lowest BCUT2D eigenvalue weighted by atomic mass is 10.2. The molecule has 3 aromatic heterocycles. The smallest absolute Gasteiger partial charge is 0.255 e. The largest absolute Gasteiger partial charge is 0.351 e. The molecule has 1 N–H and O–H groups in total. The van der Waals surface area contributed by atoms with E-state index in [-0.39, 0.29) is 5.91 Å². The molecule has 3 heterocycles. The van der Waals surface area contributed by atoms with Crippen LogP contribution in [0.3, 0.4) is 0 Å². The zero-order chi connectivity index (χ0) is 18.8. The van der Waals surface area contributed by atoms with Gasteiger partial charge in [-0.3, -0.25) is 9.20 Å². The van der Waals surface area contributed by atoms with Gasteiger partial charge in [-0.1, -0.05) is 30.3 Å². The van der Waals surface area contributed by atoms with Gasteiger partial charge in [0.15, 0.2) is 5.65 Å². The Morgan fingerprint density at radius 2 is 1.93 bits per heavy atom. The van der Waals surface area contributed by atoms with Gasteiger partial charge in [0, 0.05) is 38.0 Å². The molecule has 0 fully saturated rings. The first kappa shape index (κ1) is 17.0. The van der Waals surface area contributed by atoms with Crippen molar-refractivity contribution in [1.82, 2.24) is 29.5 Å². The van der Waals surface area contributed by atoms with Crippen molar-refractivity contribution in [3.8, 4) is 11.3 Å². The van der Waals surface area contributed by atoms with E-state index in [1.807, 2.05) is 67.3 Å². The molecule has 0 atom stereocenters. The van der Waals surface area contributed by atoms with E-state index >= 15 is 0 Å². The molecule has 0 bridgehead atoms. The van der Waals surface area contributed by atoms with Gasteiger partial charge in [0.25, 0.3) is 5.91 Å². The van der Waals surface area contributed by atoms with E-state index in [1.54, 1.807) is 10.5 Å². The van der Waals surface area contributed by atoms with Gasteiger partial charge in [-0.2, -0.15) is 0 Å². The predicted octanol–water partition coefficient (Wildman–Crippen LogP) is 2.41. The molecular weight excluding hydrogens is 340 g/mol. The molecule has 0 radical (unpaired) electrons. The lowest BCUT2D eigenvalue weighted by Gasteiger charge is -2.06. The highest BCUT2D eigenvalue weighted by molar-refractivity contribution is 5.99. The second kappa shape index (κ2) is 7.03. The minimum absolute atomic E-state index is 0.162. The van der Waals surface area contributed by atoms with Crippen LogP contribution in [-0.4, -0.2) is 36.6 Å². The van der Waals surface area contributed by atoms with Crippen LogP contribution in [-0.2, 0) is 13.5 Å². The molecule has 0 aliphatic heterocycles. The summed E-state index contributed by atoms with van der Waals surface area (Å²) in [5, 5.41) is 11.1. The van der Waals surface area contributed by atoms with E-state index in [0.29, 0.717) is 24.2 Å². The number of hydrogen-bond donors (Lipinski definition) is 1. The molecule has 1 aromatic carbocycles. The van der Waals surface area contributed by atoms with E-state index in [9.17, 15) is 4.79 Å². The molecule has 27 heavy (non-hydrogen) atoms. The fourth-order valence-corrected chi connectivity index (χ4v) is 3.08. The zero-order valence-corrected chi connectivity index (χ0v) is 15.3. The number of carbonyl (C=O) groups excluding carboxylic acids is 1. The summed E-state index contributed by atoms with van der Waals surface area (Å²) in [5.41, 5.74) is 3.10. The number of hydrogen-bond acceptors (Lipinski definition) is 4. The highest BCUT2D eigenvalue weighted by atomic mass is 16.1. The summed E-state index contributed by atoms with van der Waals surface area (Å²) in [6, 6.07) is 13.6. The Morgan fingerprint density at radius 1 is 1.11 bits per heavy atom. The SMILES string of the molecule is Cc1nnc2c(C(=O)NCCc3nc(-c4ccccc4)cn3C)cccn12. The third kappa shape index (κ3) is 3.31. The maximum Gasteiger partial charge on any atom is 0.255 e. The van der Waals surface area contributed by atoms with Crippen molar-refractivity contribution in [2.24, 2.45) is 7.05 Å². The lowest BCUT2D eigenvalue weighted by Crippen LogP contribution is -2.27. The number of pyridine rings is 1. The van der Waals surface area contributed by atoms with Crippen LogP contribution in [0.5, 0.6) is 0 Å². The fourth-order valence-electron chi connectivity index (χ4n) is 3.08. The van der Waals surface area contributed by atoms with E-state index in [2.05, 4.69) is 20.5 Å². The van der Waals surface area contributed by atoms with Crippen molar-refractivity contribution in [3.63, 3.8) is 0 Å². The minimum Gasteiger partial charge on any atom is -0.351 e. The van der Waals surface area contributed by atoms with Crippen LogP contribution in [0, 0.1) is 6.92 Å². The van der Waals surface area contributed by atoms with Gasteiger partial charge in [-0.15, -0.1) is 10.2 Å². The van der Waals surface area contributed by atoms with Gasteiger partial charge in [0.2, 0.25) is 0 Å². The Labute approximate surface area is 156 Å². The van der Waals surface area contributed by atoms with Crippen LogP contribution < -0.4 is 5.32 Å². The second-order valence-electron chi connectivity index (χ2n) is 6.39. The van der Waals surface area contributed by atoms with Crippen LogP contribution in [0.2, 0.25) is 0 Å². The minimum atomic E-state index is -0.162. The number of amides is 1. The van der Waals surface area contributed by atoms with Gasteiger partial charge in [0.05, 0.1) is 11.3 Å². The summed E-state index contributed by atoms with van der Waals surface area (Å²) in [4.78, 5) is 17.2. The fraction of sp³-hybridized carbons (Fsp3) is 0.200. The molecule has 0 spiro atoms. The topological polar surface area (TPSA) is 77.1 Å². The summed E-state index contributed by atoms with van der Waals surface area (Å²) in [6.45, 7) is 2.35. The summed E-state index contributed by atoms with van der Waals surface area (Å²) >= 11 is 0. The Balaban J connectivity index is 1.44. The van der Waals surface area contributed by atoms with Crippen molar-refractivity contribution in [2.75, 3.05) is 6.54 Å². The van der Waals surface area contributed by atoms with Crippen LogP contribution in [0.25, 0.3) is 16.9 Å². The number of benzene rings is 1. The maximum absolute atomic E-state index is 12.6. The average molecular weight is 360 g/mol. The van der Waals surface area contributed by atoms with Gasteiger partial charge in [-0.25, -0.2) is 4.98 Å². The number of rotatable bonds is 5. The number of imidazole rings is 1. The number of aromatic nitrogens is 5. The van der Waals surface area contributed by atoms with Gasteiger partial charge in [-0.05, 0) is 19.1 Å². The number of nitrogens with zero attached hydrogens (tertiary/aromatic N) is 5. The second-order valence-corrected chi connectivity index (χ2v) is 6.39. The van der Waals surface area contributed by atoms with Crippen LogP contribution in [0.1, 0.15) is 22.0 Å². The highest BCUT2D eigenvalue weighted by Crippen LogP contribution is 2.17. The Kier molecular flexibility index (Phi) is 4.42. The molecule has 0 aliphatic rings. The normalized spacial score (nSPS) is 11.0. The third-order valence-electron chi connectivity index (χ3n) is 4.53. The van der Waals surface area contributed by atoms with E-state index in [0.717, 1.165) is 22.9 Å². The maximum atomic E-state index is 12.6. The van der Waals surface area contributed by atoms with Crippen LogP contribution in [0.4, 0.5) is 0 Å². The van der Waals surface area contributed by atoms with Crippen molar-refractivity contribution in [3.05, 3.63) is 72.1 Å². The van der Waals surface area contributed by atoms with Crippen LogP contribution in [0.15, 0.2) is 54.9 Å². The Hall–Kier alpha value is -3.48. The van der Waals surface area contributed by atoms with Crippen molar-refractivity contribution in [2.45, 2.75) is 13.3 Å². The van der Waals surface area contributed by atoms with Gasteiger partial charge in [0.1, 0.15) is 11.6 Å². The molecule has 0 aliphatic carbocycles. The number of nitrogens with one attached hydrogen (secondary N) is 1. The predicted molar refractivity (Wildman–Crippen MR) is 102 cm³/mol. The zero-order valence-electron chi connectivity index (χ0n) is 15.3. The first-order chi connectivity index (χ1) is 13.1. The van der Waals surface area contributed by atoms with E-state index in [1.165, 1.54) is 0 Å². The Bertz CT molecular complexity index is 1100. The first-order valence-corrected chi connectivity index (χ1v) is 8.79. The van der Waals surface area contributed by atoms with Gasteiger partial charge >= 0.3 is 0 Å². The summed E-state index contributed by atoms with van der Waals surface area (Å²) in [5.74, 6) is 1.51. The van der Waals surface area contributed by atoms with Crippen molar-refractivity contribution >= 4 is 11.6 Å². The monoisotopic (exact) mass is 360 g/mol. The molecule has 0 saturated carbocycles. The van der Waals surface area contributed by atoms with E-state index < -0.39 is 0 Å². The van der Waals surface area contributed by atoms with Crippen molar-refractivity contribution < 1.29 is 4.79 Å². The average Bonchev–Trinajstić information content (AvgIpc) is 3.25. The summed E-state index contributed by atoms with van der Waals surface area (Å²) in [7, 11) is 1.97. The van der Waals surface area contributed by atoms with Gasteiger partial charge < -0.3 is 9.88 Å². The number of carbonyl (C=O) groups is 1. The van der Waals surface area contributed by atoms with Crippen LogP contribution >= 0.6 is 0 Å². The molecule has 4 rings (SSSR count). The highest BCUT2D eigenvalue weighted by Gasteiger charge is 2.14. The standard InChI is InChI=1S/C20H20N6O/c1-14-23-24-19-16(9-6-12-26(14)19)20(27)21-11-10-18-22-17(13-25(18)2)15-7-4-3-5-8-15/h3-9,12-13H,10-11H2,1-2H3,(H,21,27). The molecule has 0 saturated heterocycles. The molecule has 7 nitrogen and oxygen atoms in total. The molecule has 0 unspecified atom stereocenters. The van der Waals surface area contributed by atoms with Crippen molar-refractivity contribution in [1.29, 1.82) is 0 Å². The number of fused-ring (bicyclic) bond motifs is 1. The molecule has 4 aromatic rings. The summed E-state index contributed by atoms with van der Waals surface area (Å²) < 4.78 is 3.80.